The summed E-state index contributed by atoms with van der Waals surface area (Å²) in [5.41, 5.74) is 0.876. The van der Waals surface area contributed by atoms with E-state index in [1.54, 1.807) is 14.2 Å². The highest BCUT2D eigenvalue weighted by atomic mass is 127. The van der Waals surface area contributed by atoms with Gasteiger partial charge in [0.05, 0.1) is 25.4 Å². The van der Waals surface area contributed by atoms with Crippen molar-refractivity contribution in [2.24, 2.45) is 23.7 Å². The summed E-state index contributed by atoms with van der Waals surface area (Å²) in [6, 6.07) is 6.10. The third-order valence-corrected chi connectivity index (χ3v) is 9.24. The molecule has 0 radical (unpaired) electrons. The van der Waals surface area contributed by atoms with Gasteiger partial charge < -0.3 is 30.0 Å². The standard InChI is InChI=1S/C31H51IN2O6/c1-20(2)24(15-23-9-10-28(39-7)29(16-23)40-14-8-13-38-6)17-26(32)27(36)18-25(21(3)4)30(37)33-19-31(11-12-31)34-22(5)35/h9-10,16,20-21,24-27,36H,8,11-15,17-19H2,1-7H3,(H,33,37)(H,34,35)/t24-,25-,26-,27-/m0/s1. The molecule has 2 amide bonds. The molecule has 1 aromatic carbocycles. The molecule has 40 heavy (non-hydrogen) atoms. The van der Waals surface area contributed by atoms with Gasteiger partial charge in [0.25, 0.3) is 0 Å². The summed E-state index contributed by atoms with van der Waals surface area (Å²) >= 11 is 2.35. The lowest BCUT2D eigenvalue weighted by molar-refractivity contribution is -0.128. The van der Waals surface area contributed by atoms with E-state index in [4.69, 9.17) is 14.2 Å². The lowest BCUT2D eigenvalue weighted by Gasteiger charge is -2.29. The molecule has 1 aliphatic carbocycles. The molecule has 0 spiro atoms. The summed E-state index contributed by atoms with van der Waals surface area (Å²) in [7, 11) is 3.33. The smallest absolute Gasteiger partial charge is 0.223 e. The first-order valence-corrected chi connectivity index (χ1v) is 15.8. The van der Waals surface area contributed by atoms with Crippen LogP contribution in [0.1, 0.15) is 72.3 Å². The van der Waals surface area contributed by atoms with E-state index in [2.05, 4.69) is 59.2 Å². The Balaban J connectivity index is 1.99. The van der Waals surface area contributed by atoms with Gasteiger partial charge in [0.15, 0.2) is 11.5 Å². The number of rotatable bonds is 19. The molecule has 4 atom stereocenters. The topological polar surface area (TPSA) is 106 Å². The molecular formula is C31H51IN2O6. The number of ether oxygens (including phenoxy) is 3. The SMILES string of the molecule is COCCCOc1cc(C[C@@H](C[C@H](I)[C@@H](O)C[C@H](C(=O)NCC2(NC(C)=O)CC2)C(C)C)C(C)C)ccc1OC. The van der Waals surface area contributed by atoms with Gasteiger partial charge in [0, 0.05) is 43.4 Å². The average molecular weight is 675 g/mol. The summed E-state index contributed by atoms with van der Waals surface area (Å²) in [5, 5.41) is 17.2. The number of aliphatic hydroxyl groups is 1. The lowest BCUT2D eigenvalue weighted by Crippen LogP contribution is -2.47. The number of carbonyl (C=O) groups excluding carboxylic acids is 2. The van der Waals surface area contributed by atoms with E-state index in [1.165, 1.54) is 12.5 Å². The van der Waals surface area contributed by atoms with Crippen LogP contribution in [-0.4, -0.2) is 66.5 Å². The molecule has 0 unspecified atom stereocenters. The molecule has 0 aromatic heterocycles. The summed E-state index contributed by atoms with van der Waals surface area (Å²) < 4.78 is 16.6. The van der Waals surface area contributed by atoms with Crippen LogP contribution in [-0.2, 0) is 20.7 Å². The normalized spacial score (nSPS) is 17.2. The highest BCUT2D eigenvalue weighted by molar-refractivity contribution is 14.1. The molecule has 2 rings (SSSR count). The van der Waals surface area contributed by atoms with Crippen molar-refractivity contribution in [3.8, 4) is 11.5 Å². The van der Waals surface area contributed by atoms with Crippen molar-refractivity contribution in [3.05, 3.63) is 23.8 Å². The second kappa shape index (κ2) is 16.8. The molecule has 8 nitrogen and oxygen atoms in total. The van der Waals surface area contributed by atoms with Crippen LogP contribution in [0, 0.1) is 23.7 Å². The fraction of sp³-hybridized carbons (Fsp3) is 0.742. The van der Waals surface area contributed by atoms with Gasteiger partial charge in [-0.3, -0.25) is 9.59 Å². The molecular weight excluding hydrogens is 623 g/mol. The molecule has 9 heteroatoms. The molecule has 1 aromatic rings. The lowest BCUT2D eigenvalue weighted by atomic mass is 9.82. The Hall–Kier alpha value is -1.59. The summed E-state index contributed by atoms with van der Waals surface area (Å²) in [6.45, 7) is 11.6. The second-order valence-corrected chi connectivity index (χ2v) is 13.6. The number of methoxy groups -OCH3 is 2. The van der Waals surface area contributed by atoms with Crippen molar-refractivity contribution in [3.63, 3.8) is 0 Å². The molecule has 0 bridgehead atoms. The minimum atomic E-state index is -0.597. The monoisotopic (exact) mass is 674 g/mol. The zero-order chi connectivity index (χ0) is 29.9. The maximum absolute atomic E-state index is 13.1. The van der Waals surface area contributed by atoms with Gasteiger partial charge in [-0.1, -0.05) is 56.4 Å². The van der Waals surface area contributed by atoms with E-state index in [1.807, 2.05) is 19.9 Å². The Morgan fingerprint density at radius 2 is 1.75 bits per heavy atom. The van der Waals surface area contributed by atoms with Crippen molar-refractivity contribution in [2.75, 3.05) is 34.0 Å². The van der Waals surface area contributed by atoms with Crippen molar-refractivity contribution in [1.82, 2.24) is 10.6 Å². The van der Waals surface area contributed by atoms with Crippen molar-refractivity contribution >= 4 is 34.4 Å². The van der Waals surface area contributed by atoms with Crippen LogP contribution in [0.15, 0.2) is 18.2 Å². The fourth-order valence-corrected chi connectivity index (χ4v) is 5.98. The van der Waals surface area contributed by atoms with Crippen molar-refractivity contribution < 1.29 is 28.9 Å². The predicted molar refractivity (Wildman–Crippen MR) is 167 cm³/mol. The van der Waals surface area contributed by atoms with Gasteiger partial charge in [-0.05, 0) is 67.6 Å². The summed E-state index contributed by atoms with van der Waals surface area (Å²) in [6.07, 6.45) is 4.08. The molecule has 0 heterocycles. The quantitative estimate of drug-likeness (QED) is 0.109. The summed E-state index contributed by atoms with van der Waals surface area (Å²) in [4.78, 5) is 24.6. The zero-order valence-corrected chi connectivity index (χ0v) is 27.6. The predicted octanol–water partition coefficient (Wildman–Crippen LogP) is 4.93. The highest BCUT2D eigenvalue weighted by Crippen LogP contribution is 2.35. The Kier molecular flexibility index (Phi) is 14.5. The highest BCUT2D eigenvalue weighted by Gasteiger charge is 2.44. The Labute approximate surface area is 254 Å². The zero-order valence-electron chi connectivity index (χ0n) is 25.4. The summed E-state index contributed by atoms with van der Waals surface area (Å²) in [5.74, 6) is 1.90. The maximum atomic E-state index is 13.1. The van der Waals surface area contributed by atoms with Crippen LogP contribution < -0.4 is 20.1 Å². The number of carbonyl (C=O) groups is 2. The van der Waals surface area contributed by atoms with Gasteiger partial charge in [-0.2, -0.15) is 0 Å². The number of amides is 2. The molecule has 0 saturated heterocycles. The number of nitrogens with one attached hydrogen (secondary N) is 2. The van der Waals surface area contributed by atoms with Crippen LogP contribution in [0.5, 0.6) is 11.5 Å². The van der Waals surface area contributed by atoms with Crippen LogP contribution in [0.4, 0.5) is 0 Å². The van der Waals surface area contributed by atoms with E-state index >= 15 is 0 Å². The van der Waals surface area contributed by atoms with Crippen molar-refractivity contribution in [1.29, 1.82) is 0 Å². The van der Waals surface area contributed by atoms with Crippen LogP contribution in [0.3, 0.4) is 0 Å². The van der Waals surface area contributed by atoms with Crippen LogP contribution in [0.25, 0.3) is 0 Å². The molecule has 228 valence electrons. The van der Waals surface area contributed by atoms with Gasteiger partial charge in [0.1, 0.15) is 0 Å². The third kappa shape index (κ3) is 11.4. The molecule has 1 aliphatic rings. The fourth-order valence-electron chi connectivity index (χ4n) is 5.03. The number of alkyl halides is 1. The molecule has 1 fully saturated rings. The Morgan fingerprint density at radius 1 is 1.05 bits per heavy atom. The number of hydrogen-bond donors (Lipinski definition) is 3. The first-order valence-electron chi connectivity index (χ1n) is 14.6. The minimum absolute atomic E-state index is 0.0104. The Morgan fingerprint density at radius 3 is 2.30 bits per heavy atom. The van der Waals surface area contributed by atoms with E-state index in [-0.39, 0.29) is 33.1 Å². The molecule has 1 saturated carbocycles. The van der Waals surface area contributed by atoms with Gasteiger partial charge in [-0.15, -0.1) is 0 Å². The third-order valence-electron chi connectivity index (χ3n) is 7.90. The maximum Gasteiger partial charge on any atom is 0.223 e. The Bertz CT molecular complexity index is 936. The van der Waals surface area contributed by atoms with Gasteiger partial charge >= 0.3 is 0 Å². The van der Waals surface area contributed by atoms with Crippen LogP contribution >= 0.6 is 22.6 Å². The first kappa shape index (κ1) is 34.6. The molecule has 3 N–H and O–H groups in total. The van der Waals surface area contributed by atoms with E-state index in [0.717, 1.165) is 37.9 Å². The molecule has 0 aliphatic heterocycles. The average Bonchev–Trinajstić information content (AvgIpc) is 3.66. The largest absolute Gasteiger partial charge is 0.493 e. The van der Waals surface area contributed by atoms with Gasteiger partial charge in [-0.25, -0.2) is 0 Å². The second-order valence-electron chi connectivity index (χ2n) is 12.0. The van der Waals surface area contributed by atoms with Crippen molar-refractivity contribution in [2.45, 2.75) is 88.7 Å². The number of hydrogen-bond acceptors (Lipinski definition) is 6. The number of benzene rings is 1. The van der Waals surface area contributed by atoms with Crippen LogP contribution in [0.2, 0.25) is 0 Å². The van der Waals surface area contributed by atoms with E-state index in [0.29, 0.717) is 43.8 Å². The minimum Gasteiger partial charge on any atom is -0.493 e. The first-order chi connectivity index (χ1) is 18.9. The number of aliphatic hydroxyl groups excluding tert-OH is 1. The number of halogens is 1. The van der Waals surface area contributed by atoms with E-state index < -0.39 is 6.10 Å². The van der Waals surface area contributed by atoms with Gasteiger partial charge in [0.2, 0.25) is 11.8 Å². The van der Waals surface area contributed by atoms with E-state index in [9.17, 15) is 14.7 Å².